The number of nitrogens with zero attached hydrogens (tertiary/aromatic N) is 1. The van der Waals surface area contributed by atoms with Crippen molar-refractivity contribution in [2.45, 2.75) is 52.1 Å². The normalized spacial score (nSPS) is 12.5. The van der Waals surface area contributed by atoms with Crippen LogP contribution in [-0.4, -0.2) is 13.9 Å². The Morgan fingerprint density at radius 1 is 1.32 bits per heavy atom. The van der Waals surface area contributed by atoms with E-state index >= 15 is 0 Å². The Bertz CT molecular complexity index is 503. The minimum absolute atomic E-state index is 0.0353. The second-order valence-electron chi connectivity index (χ2n) is 5.45. The van der Waals surface area contributed by atoms with E-state index in [2.05, 4.69) is 38.1 Å². The molecule has 3 nitrogen and oxygen atoms in total. The van der Waals surface area contributed by atoms with Crippen LogP contribution in [-0.2, 0) is 9.47 Å². The third-order valence-corrected chi connectivity index (χ3v) is 3.55. The number of rotatable bonds is 10. The molecule has 0 radical (unpaired) electrons. The van der Waals surface area contributed by atoms with E-state index in [-0.39, 0.29) is 6.10 Å². The second kappa shape index (κ2) is 11.0. The molecule has 1 rings (SSSR count). The van der Waals surface area contributed by atoms with Gasteiger partial charge in [0.1, 0.15) is 6.79 Å². The lowest BCUT2D eigenvalue weighted by atomic mass is 9.95. The molecule has 0 amide bonds. The summed E-state index contributed by atoms with van der Waals surface area (Å²) in [6.07, 6.45) is 8.90. The third kappa shape index (κ3) is 6.43. The summed E-state index contributed by atoms with van der Waals surface area (Å²) in [7, 11) is 1.65. The van der Waals surface area contributed by atoms with Crippen molar-refractivity contribution in [3.8, 4) is 6.07 Å². The van der Waals surface area contributed by atoms with Crippen LogP contribution in [0.15, 0.2) is 24.3 Å². The predicted octanol–water partition coefficient (Wildman–Crippen LogP) is 5.16. The highest BCUT2D eigenvalue weighted by molar-refractivity contribution is 5.55. The van der Waals surface area contributed by atoms with E-state index in [0.29, 0.717) is 13.2 Å². The standard InChI is InChI=1S/C19H27NO2/c1-4-5-6-10-19(22-15-21-3)18-14-16(2)11-12-17(18)9-7-8-13-20/h7,9,11-12,14,19H,4-6,8,10,15H2,1-3H3/b9-7+/t19-/m0/s1. The van der Waals surface area contributed by atoms with Crippen molar-refractivity contribution in [3.05, 3.63) is 41.0 Å². The predicted molar refractivity (Wildman–Crippen MR) is 90.3 cm³/mol. The van der Waals surface area contributed by atoms with Crippen molar-refractivity contribution in [2.24, 2.45) is 0 Å². The fourth-order valence-corrected chi connectivity index (χ4v) is 2.42. The fraction of sp³-hybridized carbons (Fsp3) is 0.526. The fourth-order valence-electron chi connectivity index (χ4n) is 2.42. The van der Waals surface area contributed by atoms with E-state index in [4.69, 9.17) is 14.7 Å². The highest BCUT2D eigenvalue weighted by Crippen LogP contribution is 2.29. The van der Waals surface area contributed by atoms with E-state index < -0.39 is 0 Å². The number of aryl methyl sites for hydroxylation is 1. The largest absolute Gasteiger partial charge is 0.359 e. The van der Waals surface area contributed by atoms with E-state index in [9.17, 15) is 0 Å². The molecule has 3 heteroatoms. The van der Waals surface area contributed by atoms with Crippen LogP contribution in [0.3, 0.4) is 0 Å². The minimum atomic E-state index is 0.0353. The molecule has 0 aliphatic rings. The van der Waals surface area contributed by atoms with Gasteiger partial charge >= 0.3 is 0 Å². The van der Waals surface area contributed by atoms with Crippen LogP contribution in [0, 0.1) is 18.3 Å². The number of benzene rings is 1. The van der Waals surface area contributed by atoms with Crippen molar-refractivity contribution in [1.82, 2.24) is 0 Å². The molecule has 0 aromatic heterocycles. The molecule has 0 saturated heterocycles. The van der Waals surface area contributed by atoms with Crippen LogP contribution < -0.4 is 0 Å². The van der Waals surface area contributed by atoms with Crippen molar-refractivity contribution in [2.75, 3.05) is 13.9 Å². The molecule has 0 bridgehead atoms. The highest BCUT2D eigenvalue weighted by atomic mass is 16.7. The van der Waals surface area contributed by atoms with Gasteiger partial charge in [0, 0.05) is 7.11 Å². The van der Waals surface area contributed by atoms with E-state index in [1.807, 2.05) is 12.2 Å². The van der Waals surface area contributed by atoms with Gasteiger partial charge in [0.2, 0.25) is 0 Å². The molecule has 0 fully saturated rings. The summed E-state index contributed by atoms with van der Waals surface area (Å²) < 4.78 is 11.0. The number of methoxy groups -OCH3 is 1. The molecule has 1 aromatic carbocycles. The van der Waals surface area contributed by atoms with Gasteiger partial charge in [-0.2, -0.15) is 5.26 Å². The minimum Gasteiger partial charge on any atom is -0.359 e. The van der Waals surface area contributed by atoms with Gasteiger partial charge in [-0.05, 0) is 24.5 Å². The number of nitriles is 1. The van der Waals surface area contributed by atoms with Crippen LogP contribution in [0.1, 0.15) is 61.8 Å². The maximum Gasteiger partial charge on any atom is 0.147 e. The van der Waals surface area contributed by atoms with Gasteiger partial charge < -0.3 is 9.47 Å². The third-order valence-electron chi connectivity index (χ3n) is 3.55. The van der Waals surface area contributed by atoms with E-state index in [1.54, 1.807) is 7.11 Å². The molecular formula is C19H27NO2. The van der Waals surface area contributed by atoms with Crippen molar-refractivity contribution >= 4 is 6.08 Å². The molecule has 120 valence electrons. The Balaban J connectivity index is 2.98. The van der Waals surface area contributed by atoms with Gasteiger partial charge in [-0.1, -0.05) is 62.1 Å². The average Bonchev–Trinajstić information content (AvgIpc) is 2.52. The van der Waals surface area contributed by atoms with Crippen LogP contribution in [0.5, 0.6) is 0 Å². The number of ether oxygens (including phenoxy) is 2. The van der Waals surface area contributed by atoms with Gasteiger partial charge in [-0.15, -0.1) is 0 Å². The van der Waals surface area contributed by atoms with Crippen LogP contribution in [0.4, 0.5) is 0 Å². The zero-order valence-electron chi connectivity index (χ0n) is 14.0. The first-order valence-corrected chi connectivity index (χ1v) is 7.97. The Morgan fingerprint density at radius 3 is 2.82 bits per heavy atom. The molecule has 0 saturated carbocycles. The molecule has 0 unspecified atom stereocenters. The lowest BCUT2D eigenvalue weighted by Gasteiger charge is -2.20. The summed E-state index contributed by atoms with van der Waals surface area (Å²) in [4.78, 5) is 0. The zero-order chi connectivity index (χ0) is 16.2. The maximum atomic E-state index is 8.68. The number of unbranched alkanes of at least 4 members (excludes halogenated alkanes) is 2. The Kier molecular flexibility index (Phi) is 9.21. The SMILES string of the molecule is CCCCC[C@H](OCOC)c1cc(C)ccc1/C=C/CC#N. The van der Waals surface area contributed by atoms with Gasteiger partial charge in [-0.25, -0.2) is 0 Å². The molecule has 0 spiro atoms. The monoisotopic (exact) mass is 301 g/mol. The summed E-state index contributed by atoms with van der Waals surface area (Å²) >= 11 is 0. The van der Waals surface area contributed by atoms with Gasteiger partial charge in [0.05, 0.1) is 18.6 Å². The van der Waals surface area contributed by atoms with Crippen molar-refractivity contribution in [1.29, 1.82) is 5.26 Å². The average molecular weight is 301 g/mol. The molecule has 0 aliphatic carbocycles. The lowest BCUT2D eigenvalue weighted by Crippen LogP contribution is -2.09. The molecule has 1 aromatic rings. The molecule has 0 aliphatic heterocycles. The summed E-state index contributed by atoms with van der Waals surface area (Å²) in [5.74, 6) is 0. The summed E-state index contributed by atoms with van der Waals surface area (Å²) in [6.45, 7) is 4.59. The molecule has 0 N–H and O–H groups in total. The lowest BCUT2D eigenvalue weighted by molar-refractivity contribution is -0.0765. The number of hydrogen-bond acceptors (Lipinski definition) is 3. The van der Waals surface area contributed by atoms with E-state index in [1.165, 1.54) is 24.0 Å². The number of hydrogen-bond donors (Lipinski definition) is 0. The quantitative estimate of drug-likeness (QED) is 0.442. The Morgan fingerprint density at radius 2 is 2.14 bits per heavy atom. The first-order valence-electron chi connectivity index (χ1n) is 7.97. The smallest absolute Gasteiger partial charge is 0.147 e. The van der Waals surface area contributed by atoms with Gasteiger partial charge in [-0.3, -0.25) is 0 Å². The van der Waals surface area contributed by atoms with Crippen LogP contribution in [0.2, 0.25) is 0 Å². The maximum absolute atomic E-state index is 8.68. The first kappa shape index (κ1) is 18.4. The number of allylic oxidation sites excluding steroid dienone is 1. The van der Waals surface area contributed by atoms with Gasteiger partial charge in [0.25, 0.3) is 0 Å². The Hall–Kier alpha value is -1.63. The zero-order valence-corrected chi connectivity index (χ0v) is 14.0. The molecule has 1 atom stereocenters. The van der Waals surface area contributed by atoms with Crippen LogP contribution in [0.25, 0.3) is 6.08 Å². The summed E-state index contributed by atoms with van der Waals surface area (Å²) in [5.41, 5.74) is 3.52. The molecule has 0 heterocycles. The second-order valence-corrected chi connectivity index (χ2v) is 5.45. The van der Waals surface area contributed by atoms with Crippen molar-refractivity contribution in [3.63, 3.8) is 0 Å². The molecule has 22 heavy (non-hydrogen) atoms. The first-order chi connectivity index (χ1) is 10.7. The topological polar surface area (TPSA) is 42.2 Å². The summed E-state index contributed by atoms with van der Waals surface area (Å²) in [6, 6.07) is 8.51. The van der Waals surface area contributed by atoms with Crippen molar-refractivity contribution < 1.29 is 9.47 Å². The summed E-state index contributed by atoms with van der Waals surface area (Å²) in [5, 5.41) is 8.68. The van der Waals surface area contributed by atoms with Crippen LogP contribution >= 0.6 is 0 Å². The van der Waals surface area contributed by atoms with E-state index in [0.717, 1.165) is 18.4 Å². The molecular weight excluding hydrogens is 274 g/mol. The van der Waals surface area contributed by atoms with Gasteiger partial charge in [0.15, 0.2) is 0 Å². The highest BCUT2D eigenvalue weighted by Gasteiger charge is 2.15. The Labute approximate surface area is 134 Å².